The zero-order valence-corrected chi connectivity index (χ0v) is 12.3. The first kappa shape index (κ1) is 14.3. The summed E-state index contributed by atoms with van der Waals surface area (Å²) in [5, 5.41) is 1.74. The minimum Gasteiger partial charge on any atom is -0.491 e. The summed E-state index contributed by atoms with van der Waals surface area (Å²) in [6, 6.07) is 3.76. The Morgan fingerprint density at radius 2 is 2.06 bits per heavy atom. The molecule has 0 radical (unpaired) electrons. The Kier molecular flexibility index (Phi) is 5.72. The van der Waals surface area contributed by atoms with Crippen molar-refractivity contribution in [3.63, 3.8) is 0 Å². The molecule has 1 aromatic carbocycles. The first-order valence-corrected chi connectivity index (χ1v) is 7.09. The first-order valence-electron chi connectivity index (χ1n) is 5.90. The summed E-state index contributed by atoms with van der Waals surface area (Å²) in [5.41, 5.74) is 0.926. The van der Waals surface area contributed by atoms with E-state index in [0.717, 1.165) is 27.4 Å². The second-order valence-corrected chi connectivity index (χ2v) is 5.00. The van der Waals surface area contributed by atoms with Crippen molar-refractivity contribution >= 4 is 33.2 Å². The van der Waals surface area contributed by atoms with Crippen molar-refractivity contribution in [2.24, 2.45) is 0 Å². The minimum absolute atomic E-state index is 0.700. The molecule has 0 atom stereocenters. The summed E-state index contributed by atoms with van der Waals surface area (Å²) in [6.45, 7) is 8.77. The molecular weight excluding hydrogens is 254 g/mol. The number of rotatable bonds is 3. The van der Waals surface area contributed by atoms with E-state index >= 15 is 0 Å². The molecule has 0 aliphatic rings. The van der Waals surface area contributed by atoms with Crippen LogP contribution in [0.15, 0.2) is 12.1 Å². The highest BCUT2D eigenvalue weighted by Crippen LogP contribution is 2.33. The molecule has 0 bridgehead atoms. The van der Waals surface area contributed by atoms with Gasteiger partial charge in [-0.3, -0.25) is 0 Å². The van der Waals surface area contributed by atoms with E-state index in [4.69, 9.17) is 16.3 Å². The van der Waals surface area contributed by atoms with Crippen molar-refractivity contribution in [2.45, 2.75) is 34.1 Å². The number of benzene rings is 1. The molecule has 17 heavy (non-hydrogen) atoms. The Hall–Kier alpha value is -0.800. The van der Waals surface area contributed by atoms with Gasteiger partial charge in [-0.2, -0.15) is 0 Å². The zero-order chi connectivity index (χ0) is 12.8. The molecule has 0 aliphatic carbocycles. The molecule has 0 fully saturated rings. The van der Waals surface area contributed by atoms with Gasteiger partial charge in [0, 0.05) is 11.1 Å². The largest absolute Gasteiger partial charge is 0.491 e. The second kappa shape index (κ2) is 6.82. The van der Waals surface area contributed by atoms with E-state index in [2.05, 4.69) is 11.9 Å². The van der Waals surface area contributed by atoms with Crippen molar-refractivity contribution in [3.05, 3.63) is 22.2 Å². The number of nitrogens with zero attached hydrogens (tertiary/aromatic N) is 1. The lowest BCUT2D eigenvalue weighted by atomic mass is 10.3. The molecule has 2 nitrogen and oxygen atoms in total. The Morgan fingerprint density at radius 3 is 2.71 bits per heavy atom. The van der Waals surface area contributed by atoms with E-state index in [-0.39, 0.29) is 0 Å². The van der Waals surface area contributed by atoms with Crippen LogP contribution < -0.4 is 4.74 Å². The second-order valence-electron chi connectivity index (χ2n) is 3.33. The van der Waals surface area contributed by atoms with E-state index in [1.807, 2.05) is 32.9 Å². The minimum atomic E-state index is 0.700. The lowest BCUT2D eigenvalue weighted by Gasteiger charge is -2.05. The van der Waals surface area contributed by atoms with Crippen molar-refractivity contribution in [3.8, 4) is 5.75 Å². The van der Waals surface area contributed by atoms with Crippen LogP contribution in [0.3, 0.4) is 0 Å². The van der Waals surface area contributed by atoms with Crippen molar-refractivity contribution in [1.82, 2.24) is 4.98 Å². The van der Waals surface area contributed by atoms with E-state index in [1.165, 1.54) is 0 Å². The van der Waals surface area contributed by atoms with Crippen LogP contribution in [0.5, 0.6) is 5.75 Å². The summed E-state index contributed by atoms with van der Waals surface area (Å²) in [6.07, 6.45) is 0.983. The molecule has 0 unspecified atom stereocenters. The van der Waals surface area contributed by atoms with E-state index in [1.54, 1.807) is 11.3 Å². The molecule has 2 aromatic rings. The van der Waals surface area contributed by atoms with Gasteiger partial charge in [-0.15, -0.1) is 11.3 Å². The standard InChI is InChI=1S/C11H12ClNOS.C2H6/c1-3-4-14-9-5-8(12)6-10-11(9)13-7(2)15-10;1-2/h5-6H,3-4H2,1-2H3;1-2H3. The first-order chi connectivity index (χ1) is 8.20. The molecule has 4 heteroatoms. The Bertz CT molecular complexity index is 481. The van der Waals surface area contributed by atoms with Crippen LogP contribution in [0.1, 0.15) is 32.2 Å². The van der Waals surface area contributed by atoms with Gasteiger partial charge in [-0.25, -0.2) is 4.98 Å². The number of hydrogen-bond donors (Lipinski definition) is 0. The van der Waals surface area contributed by atoms with Gasteiger partial charge in [-0.05, 0) is 19.4 Å². The molecule has 2 rings (SSSR count). The van der Waals surface area contributed by atoms with Gasteiger partial charge in [0.2, 0.25) is 0 Å². The maximum atomic E-state index is 6.01. The number of fused-ring (bicyclic) bond motifs is 1. The lowest BCUT2D eigenvalue weighted by Crippen LogP contribution is -1.95. The Morgan fingerprint density at radius 1 is 1.35 bits per heavy atom. The third-order valence-corrected chi connectivity index (χ3v) is 3.13. The van der Waals surface area contributed by atoms with Crippen LogP contribution in [0, 0.1) is 6.92 Å². The number of ether oxygens (including phenoxy) is 1. The molecule has 0 spiro atoms. The van der Waals surface area contributed by atoms with E-state index in [9.17, 15) is 0 Å². The van der Waals surface area contributed by atoms with Gasteiger partial charge in [-0.1, -0.05) is 32.4 Å². The van der Waals surface area contributed by atoms with Crippen LogP contribution in [0.4, 0.5) is 0 Å². The van der Waals surface area contributed by atoms with Crippen LogP contribution in [-0.2, 0) is 0 Å². The summed E-state index contributed by atoms with van der Waals surface area (Å²) in [7, 11) is 0. The monoisotopic (exact) mass is 271 g/mol. The molecule has 0 aliphatic heterocycles. The number of aryl methyl sites for hydroxylation is 1. The fraction of sp³-hybridized carbons (Fsp3) is 0.462. The van der Waals surface area contributed by atoms with Gasteiger partial charge in [0.15, 0.2) is 0 Å². The average molecular weight is 272 g/mol. The van der Waals surface area contributed by atoms with Gasteiger partial charge in [0.1, 0.15) is 11.3 Å². The van der Waals surface area contributed by atoms with Gasteiger partial charge in [0.05, 0.1) is 16.3 Å². The number of thiazole rings is 1. The Labute approximate surface area is 112 Å². The molecule has 0 amide bonds. The van der Waals surface area contributed by atoms with Crippen molar-refractivity contribution in [1.29, 1.82) is 0 Å². The van der Waals surface area contributed by atoms with Gasteiger partial charge < -0.3 is 4.74 Å². The smallest absolute Gasteiger partial charge is 0.147 e. The van der Waals surface area contributed by atoms with Crippen LogP contribution >= 0.6 is 22.9 Å². The van der Waals surface area contributed by atoms with E-state index < -0.39 is 0 Å². The maximum Gasteiger partial charge on any atom is 0.147 e. The molecular formula is C13H18ClNOS. The quantitative estimate of drug-likeness (QED) is 0.777. The predicted molar refractivity (Wildman–Crippen MR) is 76.5 cm³/mol. The van der Waals surface area contributed by atoms with Crippen LogP contribution in [0.25, 0.3) is 10.2 Å². The molecule has 0 N–H and O–H groups in total. The number of halogens is 1. The molecule has 94 valence electrons. The van der Waals surface area contributed by atoms with Gasteiger partial charge >= 0.3 is 0 Å². The Balaban J connectivity index is 0.000000686. The zero-order valence-electron chi connectivity index (χ0n) is 10.7. The summed E-state index contributed by atoms with van der Waals surface area (Å²) in [4.78, 5) is 4.44. The normalized spacial score (nSPS) is 9.94. The highest BCUT2D eigenvalue weighted by Gasteiger charge is 2.08. The fourth-order valence-electron chi connectivity index (χ4n) is 1.40. The number of aromatic nitrogens is 1. The molecule has 1 aromatic heterocycles. The summed E-state index contributed by atoms with van der Waals surface area (Å²) in [5.74, 6) is 0.795. The molecule has 0 saturated heterocycles. The van der Waals surface area contributed by atoms with Crippen molar-refractivity contribution in [2.75, 3.05) is 6.61 Å². The molecule has 1 heterocycles. The SMILES string of the molecule is CC.CCCOc1cc(Cl)cc2sc(C)nc12. The predicted octanol–water partition coefficient (Wildman–Crippen LogP) is 5.07. The maximum absolute atomic E-state index is 6.01. The summed E-state index contributed by atoms with van der Waals surface area (Å²) >= 11 is 7.65. The third kappa shape index (κ3) is 3.58. The fourth-order valence-corrected chi connectivity index (χ4v) is 2.56. The topological polar surface area (TPSA) is 22.1 Å². The van der Waals surface area contributed by atoms with E-state index in [0.29, 0.717) is 11.6 Å². The number of hydrogen-bond acceptors (Lipinski definition) is 3. The lowest BCUT2D eigenvalue weighted by molar-refractivity contribution is 0.320. The average Bonchev–Trinajstić information content (AvgIpc) is 2.69. The molecule has 0 saturated carbocycles. The highest BCUT2D eigenvalue weighted by molar-refractivity contribution is 7.18. The highest BCUT2D eigenvalue weighted by atomic mass is 35.5. The van der Waals surface area contributed by atoms with Crippen molar-refractivity contribution < 1.29 is 4.74 Å². The third-order valence-electron chi connectivity index (χ3n) is 1.99. The summed E-state index contributed by atoms with van der Waals surface area (Å²) < 4.78 is 6.71. The van der Waals surface area contributed by atoms with Crippen LogP contribution in [-0.4, -0.2) is 11.6 Å². The van der Waals surface area contributed by atoms with Crippen LogP contribution in [0.2, 0.25) is 5.02 Å². The van der Waals surface area contributed by atoms with Gasteiger partial charge in [0.25, 0.3) is 0 Å².